The number of hydrogen-bond donors (Lipinski definition) is 1. The minimum atomic E-state index is 0.668. The van der Waals surface area contributed by atoms with Gasteiger partial charge < -0.3 is 5.32 Å². The van der Waals surface area contributed by atoms with Crippen LogP contribution in [0.2, 0.25) is 5.02 Å². The van der Waals surface area contributed by atoms with E-state index in [-0.39, 0.29) is 0 Å². The van der Waals surface area contributed by atoms with Gasteiger partial charge in [-0.3, -0.25) is 4.57 Å². The second-order valence-electron chi connectivity index (χ2n) is 3.84. The van der Waals surface area contributed by atoms with Gasteiger partial charge in [0.25, 0.3) is 0 Å². The van der Waals surface area contributed by atoms with E-state index in [2.05, 4.69) is 32.8 Å². The Labute approximate surface area is 120 Å². The van der Waals surface area contributed by atoms with Gasteiger partial charge >= 0.3 is 0 Å². The maximum absolute atomic E-state index is 5.95. The molecule has 0 unspecified atom stereocenters. The van der Waals surface area contributed by atoms with E-state index in [0.29, 0.717) is 11.6 Å². The number of nitrogens with one attached hydrogen (secondary N) is 1. The molecule has 0 radical (unpaired) electrons. The highest BCUT2D eigenvalue weighted by Crippen LogP contribution is 2.27. The van der Waals surface area contributed by atoms with E-state index in [9.17, 15) is 0 Å². The zero-order valence-corrected chi connectivity index (χ0v) is 12.3. The van der Waals surface area contributed by atoms with Crippen LogP contribution in [0.4, 0.5) is 5.95 Å². The van der Waals surface area contributed by atoms with Gasteiger partial charge in [-0.15, -0.1) is 6.58 Å². The number of rotatable bonds is 4. The lowest BCUT2D eigenvalue weighted by Crippen LogP contribution is -2.05. The summed E-state index contributed by atoms with van der Waals surface area (Å²) in [7, 11) is 0. The fourth-order valence-corrected chi connectivity index (χ4v) is 2.52. The summed E-state index contributed by atoms with van der Waals surface area (Å²) in [5.74, 6) is 0.787. The minimum Gasteiger partial charge on any atom is -0.352 e. The zero-order valence-electron chi connectivity index (χ0n) is 9.95. The molecule has 0 aliphatic rings. The molecule has 2 rings (SSSR count). The fourth-order valence-electron chi connectivity index (χ4n) is 1.65. The molecule has 0 fully saturated rings. The standard InChI is InChI=1S/C13H13BrClN3/c1-3-6-16-13-17-9(2)8-18(13)12-5-4-10(15)7-11(12)14/h3-5,7-8H,1,6H2,2H3,(H,16,17). The summed E-state index contributed by atoms with van der Waals surface area (Å²) in [5.41, 5.74) is 1.94. The van der Waals surface area contributed by atoms with E-state index in [1.807, 2.05) is 35.9 Å². The third kappa shape index (κ3) is 2.76. The van der Waals surface area contributed by atoms with Crippen LogP contribution in [-0.4, -0.2) is 16.1 Å². The SMILES string of the molecule is C=CCNc1nc(C)cn1-c1ccc(Cl)cc1Br. The molecule has 2 aromatic rings. The number of imidazole rings is 1. The fraction of sp³-hybridized carbons (Fsp3) is 0.154. The molecule has 1 aromatic carbocycles. The number of benzene rings is 1. The average Bonchev–Trinajstić information content (AvgIpc) is 2.67. The van der Waals surface area contributed by atoms with Crippen molar-refractivity contribution >= 4 is 33.5 Å². The molecule has 0 atom stereocenters. The molecule has 18 heavy (non-hydrogen) atoms. The molecule has 0 aliphatic heterocycles. The predicted octanol–water partition coefficient (Wildman–Crippen LogP) is 4.19. The van der Waals surface area contributed by atoms with Crippen molar-refractivity contribution in [2.24, 2.45) is 0 Å². The van der Waals surface area contributed by atoms with Gasteiger partial charge in [-0.25, -0.2) is 4.98 Å². The summed E-state index contributed by atoms with van der Waals surface area (Å²) in [4.78, 5) is 4.44. The van der Waals surface area contributed by atoms with Crippen molar-refractivity contribution in [2.45, 2.75) is 6.92 Å². The van der Waals surface area contributed by atoms with Crippen LogP contribution >= 0.6 is 27.5 Å². The number of nitrogens with zero attached hydrogens (tertiary/aromatic N) is 2. The van der Waals surface area contributed by atoms with E-state index in [0.717, 1.165) is 21.8 Å². The van der Waals surface area contributed by atoms with E-state index >= 15 is 0 Å². The zero-order chi connectivity index (χ0) is 13.1. The number of halogens is 2. The normalized spacial score (nSPS) is 10.4. The molecule has 3 nitrogen and oxygen atoms in total. The summed E-state index contributed by atoms with van der Waals surface area (Å²) in [6, 6.07) is 5.67. The van der Waals surface area contributed by atoms with Gasteiger partial charge in [0.1, 0.15) is 0 Å². The molecule has 0 aliphatic carbocycles. The van der Waals surface area contributed by atoms with Crippen LogP contribution in [0.1, 0.15) is 5.69 Å². The Kier molecular flexibility index (Phi) is 4.09. The number of anilines is 1. The number of hydrogen-bond acceptors (Lipinski definition) is 2. The summed E-state index contributed by atoms with van der Waals surface area (Å²) < 4.78 is 2.91. The molecule has 1 aromatic heterocycles. The van der Waals surface area contributed by atoms with Crippen LogP contribution in [0, 0.1) is 6.92 Å². The Balaban J connectivity index is 2.45. The Hall–Kier alpha value is -1.26. The summed E-state index contributed by atoms with van der Waals surface area (Å²) in [6.07, 6.45) is 3.77. The van der Waals surface area contributed by atoms with Gasteiger partial charge in [-0.2, -0.15) is 0 Å². The molecule has 0 saturated heterocycles. The van der Waals surface area contributed by atoms with Crippen LogP contribution in [0.3, 0.4) is 0 Å². The maximum atomic E-state index is 5.95. The maximum Gasteiger partial charge on any atom is 0.208 e. The van der Waals surface area contributed by atoms with E-state index in [4.69, 9.17) is 11.6 Å². The van der Waals surface area contributed by atoms with Crippen LogP contribution < -0.4 is 5.32 Å². The van der Waals surface area contributed by atoms with Crippen LogP contribution in [0.15, 0.2) is 41.5 Å². The lowest BCUT2D eigenvalue weighted by molar-refractivity contribution is 1.03. The second kappa shape index (κ2) is 5.59. The van der Waals surface area contributed by atoms with Crippen LogP contribution in [0.25, 0.3) is 5.69 Å². The smallest absolute Gasteiger partial charge is 0.208 e. The Bertz CT molecular complexity index is 578. The van der Waals surface area contributed by atoms with E-state index in [1.165, 1.54) is 0 Å². The third-order valence-electron chi connectivity index (χ3n) is 2.40. The first-order chi connectivity index (χ1) is 8.61. The molecule has 0 amide bonds. The lowest BCUT2D eigenvalue weighted by Gasteiger charge is -2.10. The highest BCUT2D eigenvalue weighted by molar-refractivity contribution is 9.10. The molecule has 94 valence electrons. The van der Waals surface area contributed by atoms with E-state index in [1.54, 1.807) is 6.08 Å². The first-order valence-electron chi connectivity index (χ1n) is 5.48. The van der Waals surface area contributed by atoms with Gasteiger partial charge in [-0.1, -0.05) is 17.7 Å². The molecule has 1 heterocycles. The Morgan fingerprint density at radius 2 is 2.33 bits per heavy atom. The Morgan fingerprint density at radius 3 is 3.00 bits per heavy atom. The average molecular weight is 327 g/mol. The lowest BCUT2D eigenvalue weighted by atomic mass is 10.3. The third-order valence-corrected chi connectivity index (χ3v) is 3.27. The Morgan fingerprint density at radius 1 is 1.56 bits per heavy atom. The van der Waals surface area contributed by atoms with Crippen molar-refractivity contribution in [1.29, 1.82) is 0 Å². The van der Waals surface area contributed by atoms with Crippen LogP contribution in [-0.2, 0) is 0 Å². The van der Waals surface area contributed by atoms with Crippen molar-refractivity contribution in [3.8, 4) is 5.69 Å². The topological polar surface area (TPSA) is 29.9 Å². The molecule has 0 saturated carbocycles. The van der Waals surface area contributed by atoms with Gasteiger partial charge in [0.2, 0.25) is 5.95 Å². The largest absolute Gasteiger partial charge is 0.352 e. The molecule has 0 spiro atoms. The summed E-state index contributed by atoms with van der Waals surface area (Å²) in [5, 5.41) is 3.90. The molecule has 5 heteroatoms. The monoisotopic (exact) mass is 325 g/mol. The van der Waals surface area contributed by atoms with Crippen LogP contribution in [0.5, 0.6) is 0 Å². The summed E-state index contributed by atoms with van der Waals surface area (Å²) in [6.45, 7) is 6.31. The number of aryl methyl sites for hydroxylation is 1. The highest BCUT2D eigenvalue weighted by Gasteiger charge is 2.09. The minimum absolute atomic E-state index is 0.668. The molecular formula is C13H13BrClN3. The molecule has 1 N–H and O–H groups in total. The number of aromatic nitrogens is 2. The predicted molar refractivity (Wildman–Crippen MR) is 79.7 cm³/mol. The summed E-state index contributed by atoms with van der Waals surface area (Å²) >= 11 is 9.46. The van der Waals surface area contributed by atoms with Gasteiger partial charge in [0.15, 0.2) is 0 Å². The molecular weight excluding hydrogens is 314 g/mol. The van der Waals surface area contributed by atoms with Crippen molar-refractivity contribution in [3.63, 3.8) is 0 Å². The van der Waals surface area contributed by atoms with E-state index < -0.39 is 0 Å². The van der Waals surface area contributed by atoms with Crippen molar-refractivity contribution in [3.05, 3.63) is 52.2 Å². The quantitative estimate of drug-likeness (QED) is 0.854. The first kappa shape index (κ1) is 13.2. The highest BCUT2D eigenvalue weighted by atomic mass is 79.9. The van der Waals surface area contributed by atoms with Crippen molar-refractivity contribution in [1.82, 2.24) is 9.55 Å². The first-order valence-corrected chi connectivity index (χ1v) is 6.65. The van der Waals surface area contributed by atoms with Crippen molar-refractivity contribution in [2.75, 3.05) is 11.9 Å². The van der Waals surface area contributed by atoms with Gasteiger partial charge in [0, 0.05) is 22.2 Å². The second-order valence-corrected chi connectivity index (χ2v) is 5.13. The molecule has 0 bridgehead atoms. The van der Waals surface area contributed by atoms with Gasteiger partial charge in [-0.05, 0) is 41.1 Å². The van der Waals surface area contributed by atoms with Crippen molar-refractivity contribution < 1.29 is 0 Å². The van der Waals surface area contributed by atoms with Gasteiger partial charge in [0.05, 0.1) is 11.4 Å².